The van der Waals surface area contributed by atoms with Crippen molar-refractivity contribution in [2.75, 3.05) is 7.11 Å². The number of esters is 1. The Morgan fingerprint density at radius 2 is 1.64 bits per heavy atom. The Balaban J connectivity index is 1.85. The van der Waals surface area contributed by atoms with E-state index < -0.39 is 5.97 Å². The summed E-state index contributed by atoms with van der Waals surface area (Å²) >= 11 is 0. The summed E-state index contributed by atoms with van der Waals surface area (Å²) < 4.78 is 10.9. The number of rotatable bonds is 5. The van der Waals surface area contributed by atoms with Crippen molar-refractivity contribution in [1.82, 2.24) is 9.97 Å². The van der Waals surface area contributed by atoms with Crippen molar-refractivity contribution in [3.63, 3.8) is 0 Å². The van der Waals surface area contributed by atoms with Crippen LogP contribution in [0.5, 0.6) is 5.75 Å². The zero-order valence-electron chi connectivity index (χ0n) is 15.3. The number of benzene rings is 2. The molecule has 2 aromatic carbocycles. The number of aromatic nitrogens is 2. The summed E-state index contributed by atoms with van der Waals surface area (Å²) in [4.78, 5) is 21.1. The molecule has 0 fully saturated rings. The van der Waals surface area contributed by atoms with Gasteiger partial charge in [-0.1, -0.05) is 60.7 Å². The first kappa shape index (κ1) is 17.7. The average Bonchev–Trinajstić information content (AvgIpc) is 2.77. The van der Waals surface area contributed by atoms with E-state index in [0.717, 1.165) is 22.1 Å². The fraction of sp³-hybridized carbons (Fsp3) is 0.0870. The Morgan fingerprint density at radius 1 is 0.929 bits per heavy atom. The molecule has 4 rings (SSSR count). The van der Waals surface area contributed by atoms with Crippen LogP contribution in [0, 0.1) is 0 Å². The predicted octanol–water partition coefficient (Wildman–Crippen LogP) is 4.66. The van der Waals surface area contributed by atoms with Gasteiger partial charge in [0.2, 0.25) is 0 Å². The zero-order valence-corrected chi connectivity index (χ0v) is 15.3. The Hall–Kier alpha value is -3.73. The number of carbonyl (C=O) groups is 1. The second-order valence-corrected chi connectivity index (χ2v) is 6.19. The fourth-order valence-corrected chi connectivity index (χ4v) is 3.06. The smallest absolute Gasteiger partial charge is 0.360 e. The fourth-order valence-electron chi connectivity index (χ4n) is 3.06. The molecule has 0 saturated heterocycles. The largest absolute Gasteiger partial charge is 0.484 e. The molecule has 0 spiro atoms. The maximum atomic E-state index is 12.3. The number of ether oxygens (including phenoxy) is 2. The highest BCUT2D eigenvalue weighted by atomic mass is 16.5. The second-order valence-electron chi connectivity index (χ2n) is 6.19. The van der Waals surface area contributed by atoms with Crippen LogP contribution in [0.3, 0.4) is 0 Å². The number of hydrogen-bond donors (Lipinski definition) is 0. The molecule has 5 heteroatoms. The Morgan fingerprint density at radius 3 is 2.36 bits per heavy atom. The number of hydrogen-bond acceptors (Lipinski definition) is 5. The lowest BCUT2D eigenvalue weighted by Gasteiger charge is -2.14. The maximum absolute atomic E-state index is 12.3. The zero-order chi connectivity index (χ0) is 19.3. The second kappa shape index (κ2) is 7.88. The van der Waals surface area contributed by atoms with Gasteiger partial charge in [0.25, 0.3) is 0 Å². The lowest BCUT2D eigenvalue weighted by atomic mass is 10.0. The molecule has 28 heavy (non-hydrogen) atoms. The van der Waals surface area contributed by atoms with Crippen molar-refractivity contribution >= 4 is 16.9 Å². The third-order valence-electron chi connectivity index (χ3n) is 4.43. The van der Waals surface area contributed by atoms with Crippen LogP contribution < -0.4 is 4.74 Å². The minimum absolute atomic E-state index is 0.114. The quantitative estimate of drug-likeness (QED) is 0.478. The third-order valence-corrected chi connectivity index (χ3v) is 4.43. The van der Waals surface area contributed by atoms with Crippen LogP contribution in [0.2, 0.25) is 0 Å². The molecule has 0 atom stereocenters. The van der Waals surface area contributed by atoms with Crippen molar-refractivity contribution in [3.05, 3.63) is 90.4 Å². The molecule has 0 radical (unpaired) electrons. The van der Waals surface area contributed by atoms with Crippen LogP contribution in [-0.4, -0.2) is 23.0 Å². The van der Waals surface area contributed by atoms with E-state index in [2.05, 4.69) is 9.97 Å². The highest BCUT2D eigenvalue weighted by Gasteiger charge is 2.21. The normalized spacial score (nSPS) is 10.6. The SMILES string of the molecule is COC(=O)c1ncc2c(-c3ccccc3)ccnc2c1OCc1ccccc1. The van der Waals surface area contributed by atoms with E-state index in [1.807, 2.05) is 66.7 Å². The van der Waals surface area contributed by atoms with E-state index >= 15 is 0 Å². The molecule has 2 heterocycles. The Labute approximate surface area is 162 Å². The van der Waals surface area contributed by atoms with Gasteiger partial charge in [0.1, 0.15) is 12.1 Å². The van der Waals surface area contributed by atoms with E-state index in [-0.39, 0.29) is 5.69 Å². The number of nitrogens with zero attached hydrogens (tertiary/aromatic N) is 2. The van der Waals surface area contributed by atoms with Gasteiger partial charge in [0.05, 0.1) is 7.11 Å². The molecular weight excluding hydrogens is 352 g/mol. The molecule has 0 aliphatic heterocycles. The summed E-state index contributed by atoms with van der Waals surface area (Å²) in [5.41, 5.74) is 3.68. The van der Waals surface area contributed by atoms with Crippen LogP contribution in [0.15, 0.2) is 79.1 Å². The monoisotopic (exact) mass is 370 g/mol. The van der Waals surface area contributed by atoms with Gasteiger partial charge in [-0.2, -0.15) is 0 Å². The summed E-state index contributed by atoms with van der Waals surface area (Å²) in [6.45, 7) is 0.295. The molecule has 5 nitrogen and oxygen atoms in total. The van der Waals surface area contributed by atoms with E-state index in [1.54, 1.807) is 12.4 Å². The molecule has 4 aromatic rings. The van der Waals surface area contributed by atoms with Gasteiger partial charge in [0.15, 0.2) is 11.4 Å². The molecule has 0 saturated carbocycles. The molecule has 138 valence electrons. The van der Waals surface area contributed by atoms with Crippen molar-refractivity contribution in [3.8, 4) is 16.9 Å². The Kier molecular flexibility index (Phi) is 4.97. The number of fused-ring (bicyclic) bond motifs is 1. The van der Waals surface area contributed by atoms with Gasteiger partial charge in [0, 0.05) is 17.8 Å². The molecule has 0 aliphatic rings. The number of carbonyl (C=O) groups excluding carboxylic acids is 1. The number of methoxy groups -OCH3 is 1. The van der Waals surface area contributed by atoms with E-state index in [9.17, 15) is 4.79 Å². The first-order valence-electron chi connectivity index (χ1n) is 8.86. The molecule has 0 aliphatic carbocycles. The Bertz CT molecular complexity index is 1110. The van der Waals surface area contributed by atoms with Gasteiger partial charge in [-0.25, -0.2) is 9.78 Å². The molecule has 0 N–H and O–H groups in total. The van der Waals surface area contributed by atoms with E-state index in [0.29, 0.717) is 17.9 Å². The number of pyridine rings is 2. The van der Waals surface area contributed by atoms with Crippen molar-refractivity contribution in [2.24, 2.45) is 0 Å². The summed E-state index contributed by atoms with van der Waals surface area (Å²) in [7, 11) is 1.32. The van der Waals surface area contributed by atoms with Crippen LogP contribution in [0.4, 0.5) is 0 Å². The van der Waals surface area contributed by atoms with Gasteiger partial charge in [-0.15, -0.1) is 0 Å². The van der Waals surface area contributed by atoms with Crippen LogP contribution in [-0.2, 0) is 11.3 Å². The standard InChI is InChI=1S/C23H18N2O3/c1-27-23(26)21-22(28-15-16-8-4-2-5-9-16)20-19(14-25-21)18(12-13-24-20)17-10-6-3-7-11-17/h2-14H,15H2,1H3. The molecular formula is C23H18N2O3. The minimum atomic E-state index is -0.558. The summed E-state index contributed by atoms with van der Waals surface area (Å²) in [5.74, 6) is -0.233. The van der Waals surface area contributed by atoms with Crippen molar-refractivity contribution < 1.29 is 14.3 Å². The van der Waals surface area contributed by atoms with Crippen molar-refractivity contribution in [1.29, 1.82) is 0 Å². The van der Waals surface area contributed by atoms with Crippen LogP contribution >= 0.6 is 0 Å². The van der Waals surface area contributed by atoms with Gasteiger partial charge in [-0.05, 0) is 22.8 Å². The van der Waals surface area contributed by atoms with Crippen LogP contribution in [0.1, 0.15) is 16.1 Å². The van der Waals surface area contributed by atoms with Crippen molar-refractivity contribution in [2.45, 2.75) is 6.61 Å². The first-order chi connectivity index (χ1) is 13.8. The van der Waals surface area contributed by atoms with Gasteiger partial charge in [-0.3, -0.25) is 4.98 Å². The predicted molar refractivity (Wildman–Crippen MR) is 107 cm³/mol. The molecule has 2 aromatic heterocycles. The third kappa shape index (κ3) is 3.42. The lowest BCUT2D eigenvalue weighted by molar-refractivity contribution is 0.0588. The van der Waals surface area contributed by atoms with Gasteiger partial charge < -0.3 is 9.47 Å². The maximum Gasteiger partial charge on any atom is 0.360 e. The van der Waals surface area contributed by atoms with E-state index in [4.69, 9.17) is 9.47 Å². The minimum Gasteiger partial charge on any atom is -0.484 e. The first-order valence-corrected chi connectivity index (χ1v) is 8.86. The topological polar surface area (TPSA) is 61.3 Å². The highest BCUT2D eigenvalue weighted by Crippen LogP contribution is 2.34. The highest BCUT2D eigenvalue weighted by molar-refractivity contribution is 6.02. The molecule has 0 bridgehead atoms. The van der Waals surface area contributed by atoms with Gasteiger partial charge >= 0.3 is 5.97 Å². The summed E-state index contributed by atoms with van der Waals surface area (Å²) in [5, 5.41) is 0.810. The van der Waals surface area contributed by atoms with Crippen LogP contribution in [0.25, 0.3) is 22.0 Å². The van der Waals surface area contributed by atoms with E-state index in [1.165, 1.54) is 7.11 Å². The summed E-state index contributed by atoms with van der Waals surface area (Å²) in [6, 6.07) is 21.6. The summed E-state index contributed by atoms with van der Waals surface area (Å²) in [6.07, 6.45) is 3.35. The lowest BCUT2D eigenvalue weighted by Crippen LogP contribution is -2.09. The molecule has 0 unspecified atom stereocenters. The average molecular weight is 370 g/mol. The molecule has 0 amide bonds.